The molecule has 0 fully saturated rings. The van der Waals surface area contributed by atoms with E-state index in [1.807, 2.05) is 12.2 Å². The lowest BCUT2D eigenvalue weighted by molar-refractivity contribution is 0.103. The van der Waals surface area contributed by atoms with Gasteiger partial charge >= 0.3 is 0 Å². The van der Waals surface area contributed by atoms with Crippen LogP contribution in [0.4, 0.5) is 5.69 Å². The number of sulfonamides is 1. The molecule has 156 valence electrons. The van der Waals surface area contributed by atoms with E-state index in [0.29, 0.717) is 10.6 Å². The first-order valence-electron chi connectivity index (χ1n) is 9.59. The summed E-state index contributed by atoms with van der Waals surface area (Å²) in [5.74, 6) is -0.305. The Kier molecular flexibility index (Phi) is 6.34. The Morgan fingerprint density at radius 3 is 2.40 bits per heavy atom. The molecule has 4 nitrogen and oxygen atoms in total. The fraction of sp³-hybridized carbons (Fsp3) is 0.208. The molecule has 0 bridgehead atoms. The summed E-state index contributed by atoms with van der Waals surface area (Å²) >= 11 is 6.10. The maximum Gasteiger partial charge on any atom is 0.261 e. The average molecular weight is 442 g/mol. The summed E-state index contributed by atoms with van der Waals surface area (Å²) in [6.07, 6.45) is 9.77. The van der Waals surface area contributed by atoms with Gasteiger partial charge in [0.25, 0.3) is 10.0 Å². The number of ketones is 1. The van der Waals surface area contributed by atoms with Gasteiger partial charge in [-0.25, -0.2) is 8.42 Å². The van der Waals surface area contributed by atoms with Gasteiger partial charge in [0.2, 0.25) is 0 Å². The van der Waals surface area contributed by atoms with E-state index in [-0.39, 0.29) is 27.3 Å². The Morgan fingerprint density at radius 1 is 1.03 bits per heavy atom. The number of carbonyl (C=O) groups is 1. The van der Waals surface area contributed by atoms with Crippen molar-refractivity contribution in [2.45, 2.75) is 37.5 Å². The van der Waals surface area contributed by atoms with Crippen molar-refractivity contribution in [3.8, 4) is 0 Å². The van der Waals surface area contributed by atoms with Gasteiger partial charge in [-0.2, -0.15) is 0 Å². The average Bonchev–Trinajstić information content (AvgIpc) is 2.97. The van der Waals surface area contributed by atoms with Gasteiger partial charge in [-0.3, -0.25) is 9.52 Å². The fourth-order valence-corrected chi connectivity index (χ4v) is 4.27. The third kappa shape index (κ3) is 5.10. The van der Waals surface area contributed by atoms with Crippen molar-refractivity contribution in [1.29, 1.82) is 0 Å². The third-order valence-electron chi connectivity index (χ3n) is 4.74. The lowest BCUT2D eigenvalue weighted by Crippen LogP contribution is -2.17. The monoisotopic (exact) mass is 441 g/mol. The molecule has 1 N–H and O–H groups in total. The lowest BCUT2D eigenvalue weighted by Gasteiger charge is -2.19. The number of benzene rings is 2. The van der Waals surface area contributed by atoms with Crippen LogP contribution in [0.25, 0.3) is 0 Å². The van der Waals surface area contributed by atoms with Crippen LogP contribution in [0.1, 0.15) is 43.1 Å². The van der Waals surface area contributed by atoms with E-state index in [1.165, 1.54) is 12.1 Å². The number of Topliss-reactive ketones (excluding diaryl/α,β-unsaturated/α-hetero) is 1. The molecule has 1 aliphatic carbocycles. The Balaban J connectivity index is 1.96. The number of allylic oxidation sites excluding steroid dienone is 6. The van der Waals surface area contributed by atoms with Crippen LogP contribution < -0.4 is 4.72 Å². The van der Waals surface area contributed by atoms with E-state index in [4.69, 9.17) is 11.6 Å². The number of hydrogen-bond acceptors (Lipinski definition) is 3. The zero-order chi connectivity index (χ0) is 21.9. The first-order valence-corrected chi connectivity index (χ1v) is 11.4. The van der Waals surface area contributed by atoms with Crippen LogP contribution in [0.2, 0.25) is 5.02 Å². The van der Waals surface area contributed by atoms with E-state index >= 15 is 0 Å². The van der Waals surface area contributed by atoms with Crippen molar-refractivity contribution < 1.29 is 13.2 Å². The van der Waals surface area contributed by atoms with Gasteiger partial charge in [-0.1, -0.05) is 74.9 Å². The predicted octanol–water partition coefficient (Wildman–Crippen LogP) is 6.06. The summed E-state index contributed by atoms with van der Waals surface area (Å²) in [6.45, 7) is 6.19. The molecule has 0 spiro atoms. The van der Waals surface area contributed by atoms with Crippen molar-refractivity contribution in [3.63, 3.8) is 0 Å². The molecular weight excluding hydrogens is 418 g/mol. The quantitative estimate of drug-likeness (QED) is 0.573. The lowest BCUT2D eigenvalue weighted by atomic mass is 9.87. The minimum Gasteiger partial charge on any atom is -0.289 e. The molecule has 0 unspecified atom stereocenters. The predicted molar refractivity (Wildman–Crippen MR) is 123 cm³/mol. The second-order valence-corrected chi connectivity index (χ2v) is 10.2. The zero-order valence-corrected chi connectivity index (χ0v) is 18.7. The van der Waals surface area contributed by atoms with E-state index < -0.39 is 10.0 Å². The normalized spacial score (nSPS) is 14.2. The van der Waals surface area contributed by atoms with Crippen molar-refractivity contribution in [2.75, 3.05) is 4.72 Å². The molecule has 0 aromatic heterocycles. The molecule has 0 saturated carbocycles. The molecule has 2 aromatic carbocycles. The smallest absolute Gasteiger partial charge is 0.261 e. The van der Waals surface area contributed by atoms with Crippen molar-refractivity contribution in [1.82, 2.24) is 0 Å². The summed E-state index contributed by atoms with van der Waals surface area (Å²) in [5, 5.41) is 0.351. The second-order valence-electron chi connectivity index (χ2n) is 8.09. The molecule has 6 heteroatoms. The Labute approximate surface area is 183 Å². The zero-order valence-electron chi connectivity index (χ0n) is 17.1. The summed E-state index contributed by atoms with van der Waals surface area (Å²) in [4.78, 5) is 13.2. The third-order valence-corrected chi connectivity index (χ3v) is 6.36. The maximum absolute atomic E-state index is 13.1. The van der Waals surface area contributed by atoms with Crippen LogP contribution >= 0.6 is 11.6 Å². The number of carbonyl (C=O) groups excluding carboxylic acids is 1. The van der Waals surface area contributed by atoms with Gasteiger partial charge in [0.1, 0.15) is 0 Å². The number of nitrogens with one attached hydrogen (secondary N) is 1. The molecule has 30 heavy (non-hydrogen) atoms. The van der Waals surface area contributed by atoms with E-state index in [2.05, 4.69) is 25.5 Å². The van der Waals surface area contributed by atoms with Gasteiger partial charge in [0.15, 0.2) is 5.78 Å². The first-order chi connectivity index (χ1) is 14.1. The van der Waals surface area contributed by atoms with Gasteiger partial charge in [0.05, 0.1) is 10.6 Å². The van der Waals surface area contributed by atoms with Crippen LogP contribution in [0.15, 0.2) is 83.3 Å². The molecule has 0 amide bonds. The molecule has 2 aromatic rings. The van der Waals surface area contributed by atoms with Gasteiger partial charge in [-0.05, 0) is 47.7 Å². The van der Waals surface area contributed by atoms with Gasteiger partial charge in [-0.15, -0.1) is 0 Å². The maximum atomic E-state index is 13.1. The van der Waals surface area contributed by atoms with Crippen molar-refractivity contribution in [3.05, 3.63) is 94.6 Å². The minimum atomic E-state index is -3.88. The minimum absolute atomic E-state index is 0.0834. The molecule has 0 radical (unpaired) electrons. The molecule has 1 aliphatic rings. The fourth-order valence-electron chi connectivity index (χ4n) is 3.02. The standard InChI is InChI=1S/C24H24ClNO3S/c1-24(2,3)18-10-13-20(14-11-18)30(28,29)26-22-15-12-19(25)16-21(22)23(27)17-8-6-4-5-7-9-17/h4,6-16,26H,5H2,1-3H3. The van der Waals surface area contributed by atoms with Gasteiger partial charge < -0.3 is 0 Å². The Morgan fingerprint density at radius 2 is 1.73 bits per heavy atom. The SMILES string of the molecule is CC(C)(C)c1ccc(S(=O)(=O)Nc2ccc(Cl)cc2C(=O)C2=CC=CCC=C2)cc1. The number of rotatable bonds is 5. The first kappa shape index (κ1) is 22.1. The molecular formula is C24H24ClNO3S. The van der Waals surface area contributed by atoms with Crippen LogP contribution in [-0.2, 0) is 15.4 Å². The largest absolute Gasteiger partial charge is 0.289 e. The molecule has 3 rings (SSSR count). The number of halogens is 1. The van der Waals surface area contributed by atoms with Gasteiger partial charge in [0, 0.05) is 16.2 Å². The number of hydrogen-bond donors (Lipinski definition) is 1. The molecule has 0 saturated heterocycles. The summed E-state index contributed by atoms with van der Waals surface area (Å²) < 4.78 is 28.5. The second kappa shape index (κ2) is 8.62. The highest BCUT2D eigenvalue weighted by Crippen LogP contribution is 2.28. The topological polar surface area (TPSA) is 63.2 Å². The summed E-state index contributed by atoms with van der Waals surface area (Å²) in [6, 6.07) is 11.3. The van der Waals surface area contributed by atoms with Crippen molar-refractivity contribution in [2.24, 2.45) is 0 Å². The highest BCUT2D eigenvalue weighted by molar-refractivity contribution is 7.92. The molecule has 0 heterocycles. The van der Waals surface area contributed by atoms with Crippen molar-refractivity contribution >= 4 is 33.1 Å². The van der Waals surface area contributed by atoms with E-state index in [0.717, 1.165) is 12.0 Å². The van der Waals surface area contributed by atoms with Crippen LogP contribution in [0, 0.1) is 0 Å². The highest BCUT2D eigenvalue weighted by Gasteiger charge is 2.22. The van der Waals surface area contributed by atoms with Crippen LogP contribution in [0.3, 0.4) is 0 Å². The molecule has 0 atom stereocenters. The summed E-state index contributed by atoms with van der Waals surface area (Å²) in [7, 11) is -3.88. The highest BCUT2D eigenvalue weighted by atomic mass is 35.5. The van der Waals surface area contributed by atoms with Crippen LogP contribution in [-0.4, -0.2) is 14.2 Å². The number of anilines is 1. The summed E-state index contributed by atoms with van der Waals surface area (Å²) in [5.41, 5.74) is 1.79. The molecule has 0 aliphatic heterocycles. The van der Waals surface area contributed by atoms with E-state index in [9.17, 15) is 13.2 Å². The Hall–Kier alpha value is -2.63. The van der Waals surface area contributed by atoms with E-state index in [1.54, 1.807) is 48.6 Å². The Bertz CT molecular complexity index is 1150. The van der Waals surface area contributed by atoms with Crippen LogP contribution in [0.5, 0.6) is 0 Å².